The van der Waals surface area contributed by atoms with Crippen molar-refractivity contribution in [1.29, 1.82) is 0 Å². The molecule has 100 valence electrons. The van der Waals surface area contributed by atoms with E-state index in [0.717, 1.165) is 12.2 Å². The van der Waals surface area contributed by atoms with Gasteiger partial charge in [0.2, 0.25) is 0 Å². The molecule has 0 spiro atoms. The van der Waals surface area contributed by atoms with Gasteiger partial charge in [0.15, 0.2) is 3.61 Å². The fourth-order valence-electron chi connectivity index (χ4n) is 2.32. The number of allylic oxidation sites excluding steroid dienone is 2. The Bertz CT molecular complexity index is 631. The lowest BCUT2D eigenvalue weighted by atomic mass is 9.94. The fourth-order valence-corrected chi connectivity index (χ4v) is 3.32. The van der Waals surface area contributed by atoms with E-state index in [1.807, 2.05) is 36.4 Å². The van der Waals surface area contributed by atoms with Crippen LogP contribution in [0.25, 0.3) is 5.57 Å². The van der Waals surface area contributed by atoms with Gasteiger partial charge in [0.1, 0.15) is 5.75 Å². The quantitative estimate of drug-likeness (QED) is 0.527. The number of alkyl halides is 1. The summed E-state index contributed by atoms with van der Waals surface area (Å²) in [6, 6.07) is 20.4. The maximum atomic E-state index is 6.28. The molecule has 0 saturated carbocycles. The van der Waals surface area contributed by atoms with Crippen molar-refractivity contribution < 1.29 is 4.74 Å². The Hall–Kier alpha value is -1.55. The first-order chi connectivity index (χ1) is 9.78. The van der Waals surface area contributed by atoms with Crippen molar-refractivity contribution in [2.75, 3.05) is 0 Å². The molecular weight excluding hydrogens is 359 g/mol. The van der Waals surface area contributed by atoms with Crippen molar-refractivity contribution in [2.24, 2.45) is 0 Å². The molecular formula is C18H15IO. The minimum Gasteiger partial charge on any atom is -0.472 e. The molecule has 2 aromatic carbocycles. The first-order valence-corrected chi connectivity index (χ1v) is 7.71. The zero-order chi connectivity index (χ0) is 13.8. The summed E-state index contributed by atoms with van der Waals surface area (Å²) in [5, 5.41) is 0. The molecule has 2 heteroatoms. The fraction of sp³-hybridized carbons (Fsp3) is 0.111. The second kappa shape index (κ2) is 5.83. The molecule has 1 unspecified atom stereocenters. The van der Waals surface area contributed by atoms with Gasteiger partial charge < -0.3 is 4.74 Å². The molecule has 1 atom stereocenters. The molecule has 0 bridgehead atoms. The normalized spacial score (nSPS) is 21.4. The second-order valence-corrected chi connectivity index (χ2v) is 6.46. The van der Waals surface area contributed by atoms with Crippen molar-refractivity contribution in [3.05, 3.63) is 84.5 Å². The highest BCUT2D eigenvalue weighted by Gasteiger charge is 2.34. The highest BCUT2D eigenvalue weighted by atomic mass is 127. The highest BCUT2D eigenvalue weighted by Crippen LogP contribution is 2.42. The van der Waals surface area contributed by atoms with E-state index in [2.05, 4.69) is 65.1 Å². The Morgan fingerprint density at radius 1 is 0.900 bits per heavy atom. The van der Waals surface area contributed by atoms with Gasteiger partial charge in [0, 0.05) is 12.0 Å². The van der Waals surface area contributed by atoms with E-state index >= 15 is 0 Å². The van der Waals surface area contributed by atoms with Crippen LogP contribution < -0.4 is 4.74 Å². The Morgan fingerprint density at radius 2 is 1.55 bits per heavy atom. The van der Waals surface area contributed by atoms with Crippen LogP contribution >= 0.6 is 22.6 Å². The van der Waals surface area contributed by atoms with Crippen LogP contribution in [-0.4, -0.2) is 3.61 Å². The summed E-state index contributed by atoms with van der Waals surface area (Å²) in [6.45, 7) is 0. The number of para-hydroxylation sites is 1. The average Bonchev–Trinajstić information content (AvgIpc) is 2.49. The van der Waals surface area contributed by atoms with Crippen LogP contribution in [0.4, 0.5) is 0 Å². The molecule has 1 aliphatic rings. The largest absolute Gasteiger partial charge is 0.472 e. The zero-order valence-electron chi connectivity index (χ0n) is 11.0. The van der Waals surface area contributed by atoms with E-state index in [0.29, 0.717) is 0 Å². The lowest BCUT2D eigenvalue weighted by Gasteiger charge is -2.32. The first-order valence-electron chi connectivity index (χ1n) is 6.64. The molecule has 0 amide bonds. The van der Waals surface area contributed by atoms with Crippen LogP contribution in [0, 0.1) is 0 Å². The third-order valence-corrected chi connectivity index (χ3v) is 4.53. The Balaban J connectivity index is 1.95. The molecule has 1 nitrogen and oxygen atoms in total. The van der Waals surface area contributed by atoms with E-state index in [9.17, 15) is 0 Å². The van der Waals surface area contributed by atoms with Crippen LogP contribution in [-0.2, 0) is 0 Å². The number of ether oxygens (including phenoxy) is 1. The smallest absolute Gasteiger partial charge is 0.188 e. The first kappa shape index (κ1) is 13.4. The van der Waals surface area contributed by atoms with Gasteiger partial charge in [-0.15, -0.1) is 0 Å². The van der Waals surface area contributed by atoms with Gasteiger partial charge in [-0.25, -0.2) is 0 Å². The van der Waals surface area contributed by atoms with Crippen LogP contribution in [0.2, 0.25) is 0 Å². The number of rotatable bonds is 3. The van der Waals surface area contributed by atoms with Gasteiger partial charge in [0.05, 0.1) is 0 Å². The maximum Gasteiger partial charge on any atom is 0.188 e. The molecule has 0 N–H and O–H groups in total. The summed E-state index contributed by atoms with van der Waals surface area (Å²) in [5.41, 5.74) is 2.42. The molecule has 0 aliphatic heterocycles. The van der Waals surface area contributed by atoms with Crippen molar-refractivity contribution in [1.82, 2.24) is 0 Å². The maximum absolute atomic E-state index is 6.28. The molecule has 3 rings (SSSR count). The molecule has 0 radical (unpaired) electrons. The van der Waals surface area contributed by atoms with E-state index < -0.39 is 0 Å². The van der Waals surface area contributed by atoms with E-state index in [-0.39, 0.29) is 3.61 Å². The predicted octanol–water partition coefficient (Wildman–Crippen LogP) is 5.24. The standard InChI is InChI=1S/C18H15IO/c19-18(20-16-11-5-2-6-12-16)14-8-7-13-17(18)15-9-3-1-4-10-15/h1-13H,14H2. The van der Waals surface area contributed by atoms with Crippen LogP contribution in [0.5, 0.6) is 5.75 Å². The van der Waals surface area contributed by atoms with Crippen molar-refractivity contribution in [2.45, 2.75) is 10.0 Å². The lowest BCUT2D eigenvalue weighted by Crippen LogP contribution is -2.30. The van der Waals surface area contributed by atoms with Crippen LogP contribution in [0.3, 0.4) is 0 Å². The second-order valence-electron chi connectivity index (χ2n) is 4.72. The average molecular weight is 374 g/mol. The third kappa shape index (κ3) is 2.80. The van der Waals surface area contributed by atoms with Gasteiger partial charge in [-0.3, -0.25) is 0 Å². The number of halogens is 1. The monoisotopic (exact) mass is 374 g/mol. The minimum absolute atomic E-state index is 0.352. The van der Waals surface area contributed by atoms with Crippen molar-refractivity contribution in [3.8, 4) is 5.75 Å². The third-order valence-electron chi connectivity index (χ3n) is 3.29. The van der Waals surface area contributed by atoms with Gasteiger partial charge in [-0.05, 0) is 40.3 Å². The molecule has 2 aromatic rings. The minimum atomic E-state index is -0.352. The Kier molecular flexibility index (Phi) is 3.92. The Labute approximate surface area is 133 Å². The lowest BCUT2D eigenvalue weighted by molar-refractivity contribution is 0.244. The number of hydrogen-bond donors (Lipinski definition) is 0. The van der Waals surface area contributed by atoms with Crippen LogP contribution in [0.15, 0.2) is 78.9 Å². The SMILES string of the molecule is IC1(Oc2ccccc2)CC=CC=C1c1ccccc1. The summed E-state index contributed by atoms with van der Waals surface area (Å²) in [7, 11) is 0. The summed E-state index contributed by atoms with van der Waals surface area (Å²) in [4.78, 5) is 0. The molecule has 1 aliphatic carbocycles. The summed E-state index contributed by atoms with van der Waals surface area (Å²) in [5.74, 6) is 0.902. The number of benzene rings is 2. The highest BCUT2D eigenvalue weighted by molar-refractivity contribution is 14.1. The molecule has 0 aromatic heterocycles. The summed E-state index contributed by atoms with van der Waals surface area (Å²) < 4.78 is 5.92. The van der Waals surface area contributed by atoms with Gasteiger partial charge in [-0.2, -0.15) is 0 Å². The van der Waals surface area contributed by atoms with Gasteiger partial charge in [0.25, 0.3) is 0 Å². The van der Waals surface area contributed by atoms with Crippen molar-refractivity contribution >= 4 is 28.2 Å². The van der Waals surface area contributed by atoms with E-state index in [4.69, 9.17) is 4.74 Å². The number of hydrogen-bond acceptors (Lipinski definition) is 1. The Morgan fingerprint density at radius 3 is 2.25 bits per heavy atom. The van der Waals surface area contributed by atoms with Gasteiger partial charge >= 0.3 is 0 Å². The van der Waals surface area contributed by atoms with Crippen LogP contribution in [0.1, 0.15) is 12.0 Å². The molecule has 20 heavy (non-hydrogen) atoms. The predicted molar refractivity (Wildman–Crippen MR) is 92.0 cm³/mol. The van der Waals surface area contributed by atoms with Crippen molar-refractivity contribution in [3.63, 3.8) is 0 Å². The molecule has 0 saturated heterocycles. The van der Waals surface area contributed by atoms with Gasteiger partial charge in [-0.1, -0.05) is 66.8 Å². The molecule has 0 heterocycles. The molecule has 0 fully saturated rings. The zero-order valence-corrected chi connectivity index (χ0v) is 13.2. The topological polar surface area (TPSA) is 9.23 Å². The summed E-state index contributed by atoms with van der Waals surface area (Å²) in [6.07, 6.45) is 7.27. The summed E-state index contributed by atoms with van der Waals surface area (Å²) >= 11 is 2.42. The van der Waals surface area contributed by atoms with E-state index in [1.165, 1.54) is 11.1 Å². The van der Waals surface area contributed by atoms with E-state index in [1.54, 1.807) is 0 Å².